The number of piperidine rings is 1. The third-order valence-corrected chi connectivity index (χ3v) is 6.07. The lowest BCUT2D eigenvalue weighted by molar-refractivity contribution is -0.119. The molecule has 0 aliphatic carbocycles. The third-order valence-electron chi connectivity index (χ3n) is 5.09. The summed E-state index contributed by atoms with van der Waals surface area (Å²) in [5.74, 6) is 1.16. The van der Waals surface area contributed by atoms with E-state index in [4.69, 9.17) is 10.8 Å². The molecule has 2 heterocycles. The topological polar surface area (TPSA) is 83.3 Å². The molecule has 0 aromatic carbocycles. The Morgan fingerprint density at radius 1 is 1.33 bits per heavy atom. The molecule has 7 heteroatoms. The lowest BCUT2D eigenvalue weighted by atomic mass is 10.00. The molecule has 1 amide bonds. The van der Waals surface area contributed by atoms with Crippen molar-refractivity contribution in [3.05, 3.63) is 22.4 Å². The van der Waals surface area contributed by atoms with Crippen LogP contribution < -0.4 is 5.32 Å². The van der Waals surface area contributed by atoms with Crippen molar-refractivity contribution >= 4 is 28.9 Å². The Kier molecular flexibility index (Phi) is 7.98. The van der Waals surface area contributed by atoms with Crippen molar-refractivity contribution in [3.63, 3.8) is 0 Å². The van der Waals surface area contributed by atoms with Crippen molar-refractivity contribution in [1.29, 1.82) is 10.8 Å². The molecule has 1 aliphatic rings. The second-order valence-corrected chi connectivity index (χ2v) is 8.60. The van der Waals surface area contributed by atoms with Gasteiger partial charge in [-0.3, -0.25) is 15.6 Å². The van der Waals surface area contributed by atoms with E-state index in [9.17, 15) is 4.79 Å². The van der Waals surface area contributed by atoms with Crippen molar-refractivity contribution in [2.75, 3.05) is 19.6 Å². The maximum atomic E-state index is 11.5. The van der Waals surface area contributed by atoms with E-state index in [0.717, 1.165) is 38.9 Å². The minimum Gasteiger partial charge on any atom is -0.349 e. The number of hydrogen-bond acceptors (Lipinski definition) is 5. The van der Waals surface area contributed by atoms with Gasteiger partial charge in [-0.2, -0.15) is 0 Å². The molecule has 0 bridgehead atoms. The molecule has 1 saturated heterocycles. The van der Waals surface area contributed by atoms with Gasteiger partial charge in [-0.15, -0.1) is 11.3 Å². The lowest BCUT2D eigenvalue weighted by Gasteiger charge is -2.40. The minimum absolute atomic E-state index is 0.0106. The van der Waals surface area contributed by atoms with Gasteiger partial charge in [-0.1, -0.05) is 19.9 Å². The maximum absolute atomic E-state index is 11.5. The van der Waals surface area contributed by atoms with Crippen LogP contribution in [0.15, 0.2) is 17.5 Å². The summed E-state index contributed by atoms with van der Waals surface area (Å²) < 4.78 is 0. The van der Waals surface area contributed by atoms with Crippen LogP contribution in [0.2, 0.25) is 0 Å². The third kappa shape index (κ3) is 6.14. The van der Waals surface area contributed by atoms with Gasteiger partial charge in [0, 0.05) is 43.4 Å². The summed E-state index contributed by atoms with van der Waals surface area (Å²) in [6, 6.07) is 4.43. The van der Waals surface area contributed by atoms with Gasteiger partial charge in [0.05, 0.1) is 11.9 Å². The summed E-state index contributed by atoms with van der Waals surface area (Å²) in [5, 5.41) is 21.5. The second-order valence-electron chi connectivity index (χ2n) is 7.63. The minimum atomic E-state index is 0.0106. The number of thiophene rings is 1. The molecule has 1 aliphatic heterocycles. The normalized spacial score (nSPS) is 16.9. The van der Waals surface area contributed by atoms with Crippen molar-refractivity contribution in [2.45, 2.75) is 59.0 Å². The van der Waals surface area contributed by atoms with Gasteiger partial charge in [0.25, 0.3) is 0 Å². The van der Waals surface area contributed by atoms with Crippen LogP contribution >= 0.6 is 11.3 Å². The SMILES string of the molecule is CC(=N)N(C(=N)C(C)C)C1CCN(CCC(NC(C)=O)c2cccs2)CC1. The Bertz CT molecular complexity index is 635. The van der Waals surface area contributed by atoms with Crippen LogP contribution in [0.3, 0.4) is 0 Å². The zero-order valence-electron chi connectivity index (χ0n) is 16.9. The molecule has 1 atom stereocenters. The lowest BCUT2D eigenvalue weighted by Crippen LogP contribution is -2.50. The Morgan fingerprint density at radius 3 is 2.48 bits per heavy atom. The smallest absolute Gasteiger partial charge is 0.217 e. The summed E-state index contributed by atoms with van der Waals surface area (Å²) in [5.41, 5.74) is 0. The van der Waals surface area contributed by atoms with Crippen molar-refractivity contribution < 1.29 is 4.79 Å². The van der Waals surface area contributed by atoms with Gasteiger partial charge in [0.1, 0.15) is 5.84 Å². The van der Waals surface area contributed by atoms with Crippen molar-refractivity contribution in [3.8, 4) is 0 Å². The van der Waals surface area contributed by atoms with E-state index in [1.807, 2.05) is 30.2 Å². The van der Waals surface area contributed by atoms with E-state index in [0.29, 0.717) is 11.7 Å². The zero-order chi connectivity index (χ0) is 20.0. The molecule has 0 spiro atoms. The van der Waals surface area contributed by atoms with Gasteiger partial charge in [-0.25, -0.2) is 0 Å². The molecular formula is C20H33N5OS. The number of amidine groups is 2. The molecular weight excluding hydrogens is 358 g/mol. The van der Waals surface area contributed by atoms with E-state index < -0.39 is 0 Å². The van der Waals surface area contributed by atoms with E-state index in [2.05, 4.69) is 16.3 Å². The van der Waals surface area contributed by atoms with Crippen LogP contribution in [0, 0.1) is 16.7 Å². The summed E-state index contributed by atoms with van der Waals surface area (Å²) in [6.07, 6.45) is 2.84. The molecule has 1 unspecified atom stereocenters. The van der Waals surface area contributed by atoms with Crippen LogP contribution in [0.5, 0.6) is 0 Å². The summed E-state index contributed by atoms with van der Waals surface area (Å²) in [4.78, 5) is 17.1. The van der Waals surface area contributed by atoms with E-state index in [1.54, 1.807) is 25.2 Å². The number of nitrogens with zero attached hydrogens (tertiary/aromatic N) is 2. The van der Waals surface area contributed by atoms with Crippen LogP contribution in [0.1, 0.15) is 57.9 Å². The highest BCUT2D eigenvalue weighted by molar-refractivity contribution is 7.10. The summed E-state index contributed by atoms with van der Waals surface area (Å²) >= 11 is 1.69. The number of carbonyl (C=O) groups is 1. The predicted octanol–water partition coefficient (Wildman–Crippen LogP) is 3.71. The molecule has 2 rings (SSSR count). The number of hydrogen-bond donors (Lipinski definition) is 3. The number of rotatable bonds is 7. The highest BCUT2D eigenvalue weighted by atomic mass is 32.1. The van der Waals surface area contributed by atoms with Crippen LogP contribution in [-0.4, -0.2) is 53.1 Å². The molecule has 3 N–H and O–H groups in total. The number of carbonyl (C=O) groups excluding carboxylic acids is 1. The molecule has 0 saturated carbocycles. The average Bonchev–Trinajstić information content (AvgIpc) is 3.13. The first-order valence-electron chi connectivity index (χ1n) is 9.75. The Hall–Kier alpha value is -1.73. The van der Waals surface area contributed by atoms with Crippen molar-refractivity contribution in [1.82, 2.24) is 15.1 Å². The van der Waals surface area contributed by atoms with Gasteiger partial charge >= 0.3 is 0 Å². The monoisotopic (exact) mass is 391 g/mol. The Balaban J connectivity index is 1.88. The first-order chi connectivity index (χ1) is 12.8. The second kappa shape index (κ2) is 9.99. The van der Waals surface area contributed by atoms with Gasteiger partial charge < -0.3 is 15.1 Å². The molecule has 1 aromatic heterocycles. The maximum Gasteiger partial charge on any atom is 0.217 e. The Morgan fingerprint density at radius 2 is 2.00 bits per heavy atom. The largest absolute Gasteiger partial charge is 0.349 e. The zero-order valence-corrected chi connectivity index (χ0v) is 17.7. The quantitative estimate of drug-likeness (QED) is 0.489. The average molecular weight is 392 g/mol. The van der Waals surface area contributed by atoms with Crippen LogP contribution in [0.4, 0.5) is 0 Å². The van der Waals surface area contributed by atoms with E-state index >= 15 is 0 Å². The van der Waals surface area contributed by atoms with Gasteiger partial charge in [0.2, 0.25) is 5.91 Å². The molecule has 1 fully saturated rings. The first-order valence-corrected chi connectivity index (χ1v) is 10.6. The van der Waals surface area contributed by atoms with Gasteiger partial charge in [0.15, 0.2) is 0 Å². The fraction of sp³-hybridized carbons (Fsp3) is 0.650. The van der Waals surface area contributed by atoms with Crippen LogP contribution in [0.25, 0.3) is 0 Å². The molecule has 27 heavy (non-hydrogen) atoms. The predicted molar refractivity (Wildman–Crippen MR) is 113 cm³/mol. The van der Waals surface area contributed by atoms with Gasteiger partial charge in [-0.05, 0) is 37.6 Å². The first kappa shape index (κ1) is 21.6. The fourth-order valence-corrected chi connectivity index (χ4v) is 4.48. The van der Waals surface area contributed by atoms with Crippen molar-refractivity contribution in [2.24, 2.45) is 5.92 Å². The number of nitrogens with one attached hydrogen (secondary N) is 3. The standard InChI is InChI=1S/C20H33N5OS/c1-14(2)20(22)25(15(3)21)17-7-10-24(11-8-17)12-9-18(23-16(4)26)19-6-5-13-27-19/h5-6,13-14,17-18,21-22H,7-12H2,1-4H3,(H,23,26). The number of likely N-dealkylation sites (tertiary alicyclic amines) is 1. The molecule has 0 radical (unpaired) electrons. The molecule has 6 nitrogen and oxygen atoms in total. The van der Waals surface area contributed by atoms with Crippen LogP contribution in [-0.2, 0) is 4.79 Å². The summed E-state index contributed by atoms with van der Waals surface area (Å²) in [6.45, 7) is 10.3. The highest BCUT2D eigenvalue weighted by Crippen LogP contribution is 2.24. The number of amides is 1. The summed E-state index contributed by atoms with van der Waals surface area (Å²) in [7, 11) is 0. The Labute approximate surface area is 167 Å². The fourth-order valence-electron chi connectivity index (χ4n) is 3.66. The molecule has 150 valence electrons. The molecule has 1 aromatic rings. The highest BCUT2D eigenvalue weighted by Gasteiger charge is 2.28. The van der Waals surface area contributed by atoms with E-state index in [-0.39, 0.29) is 23.9 Å². The van der Waals surface area contributed by atoms with E-state index in [1.165, 1.54) is 4.88 Å².